The van der Waals surface area contributed by atoms with E-state index in [-0.39, 0.29) is 22.5 Å². The van der Waals surface area contributed by atoms with E-state index in [0.717, 1.165) is 0 Å². The van der Waals surface area contributed by atoms with E-state index in [4.69, 9.17) is 16.1 Å². The van der Waals surface area contributed by atoms with Crippen LogP contribution in [0, 0.1) is 6.92 Å². The SMILES string of the molecule is CC(=O)N1C2C(=O)[C@@H](NC(=O)c3c(-c4ccccc4Cl)noc3C)[C@H]2SC1(C)C. The van der Waals surface area contributed by atoms with Crippen LogP contribution >= 0.6 is 23.4 Å². The zero-order valence-electron chi connectivity index (χ0n) is 16.4. The standard InChI is InChI=1S/C20H20ClN3O4S/c1-9-13(14(23-28-9)11-7-5-6-8-12(11)21)19(27)22-15-17(26)16-18(15)29-20(3,4)24(16)10(2)25/h5-8,15-16,18H,1-4H3,(H,22,27)/t15-,16?,18-/m1/s1. The summed E-state index contributed by atoms with van der Waals surface area (Å²) in [5, 5.41) is 7.08. The zero-order valence-corrected chi connectivity index (χ0v) is 17.9. The number of rotatable bonds is 3. The van der Waals surface area contributed by atoms with Gasteiger partial charge in [-0.05, 0) is 26.8 Å². The molecule has 1 aromatic carbocycles. The van der Waals surface area contributed by atoms with Crippen molar-refractivity contribution in [2.45, 2.75) is 49.9 Å². The van der Waals surface area contributed by atoms with Gasteiger partial charge in [-0.25, -0.2) is 0 Å². The monoisotopic (exact) mass is 433 g/mol. The molecular weight excluding hydrogens is 414 g/mol. The third-order valence-corrected chi connectivity index (χ3v) is 7.27. The summed E-state index contributed by atoms with van der Waals surface area (Å²) < 4.78 is 5.24. The van der Waals surface area contributed by atoms with Gasteiger partial charge in [-0.3, -0.25) is 14.4 Å². The molecule has 7 nitrogen and oxygen atoms in total. The Kier molecular flexibility index (Phi) is 4.74. The number of hydrogen-bond acceptors (Lipinski definition) is 6. The fourth-order valence-electron chi connectivity index (χ4n) is 4.12. The van der Waals surface area contributed by atoms with Gasteiger partial charge in [0, 0.05) is 12.5 Å². The molecule has 1 N–H and O–H groups in total. The Morgan fingerprint density at radius 1 is 1.31 bits per heavy atom. The molecule has 2 aromatic rings. The number of amides is 2. The maximum absolute atomic E-state index is 13.0. The van der Waals surface area contributed by atoms with Gasteiger partial charge in [-0.2, -0.15) is 0 Å². The Hall–Kier alpha value is -2.32. The lowest BCUT2D eigenvalue weighted by molar-refractivity contribution is -0.145. The van der Waals surface area contributed by atoms with Crippen molar-refractivity contribution in [3.05, 3.63) is 40.6 Å². The number of carbonyl (C=O) groups excluding carboxylic acids is 3. The summed E-state index contributed by atoms with van der Waals surface area (Å²) in [6, 6.07) is 5.85. The normalized spacial score (nSPS) is 24.8. The van der Waals surface area contributed by atoms with Crippen molar-refractivity contribution in [2.75, 3.05) is 0 Å². The molecule has 2 aliphatic rings. The molecule has 1 aromatic heterocycles. The van der Waals surface area contributed by atoms with Gasteiger partial charge in [0.15, 0.2) is 5.78 Å². The number of hydrogen-bond donors (Lipinski definition) is 1. The first-order chi connectivity index (χ1) is 13.6. The highest BCUT2D eigenvalue weighted by Crippen LogP contribution is 2.51. The predicted octanol–water partition coefficient (Wildman–Crippen LogP) is 3.05. The van der Waals surface area contributed by atoms with Crippen LogP contribution < -0.4 is 5.32 Å². The number of ketones is 1. The molecule has 29 heavy (non-hydrogen) atoms. The van der Waals surface area contributed by atoms with Gasteiger partial charge < -0.3 is 14.7 Å². The summed E-state index contributed by atoms with van der Waals surface area (Å²) >= 11 is 7.78. The largest absolute Gasteiger partial charge is 0.360 e. The molecule has 4 rings (SSSR count). The second-order valence-corrected chi connectivity index (χ2v) is 9.85. The number of fused-ring (bicyclic) bond motifs is 1. The highest BCUT2D eigenvalue weighted by Gasteiger charge is 2.63. The van der Waals surface area contributed by atoms with Crippen molar-refractivity contribution in [3.8, 4) is 11.3 Å². The fraction of sp³-hybridized carbons (Fsp3) is 0.400. The van der Waals surface area contributed by atoms with Crippen molar-refractivity contribution < 1.29 is 18.9 Å². The highest BCUT2D eigenvalue weighted by molar-refractivity contribution is 8.01. The number of aryl methyl sites for hydroxylation is 1. The maximum atomic E-state index is 13.0. The molecule has 0 radical (unpaired) electrons. The first-order valence-electron chi connectivity index (χ1n) is 9.17. The molecule has 2 fully saturated rings. The molecule has 1 saturated heterocycles. The minimum absolute atomic E-state index is 0.149. The molecule has 1 saturated carbocycles. The first kappa shape index (κ1) is 20.0. The van der Waals surface area contributed by atoms with Gasteiger partial charge in [0.1, 0.15) is 29.1 Å². The quantitative estimate of drug-likeness (QED) is 0.799. The number of Topliss-reactive ketones (excluding diaryl/α,β-unsaturated/α-hetero) is 1. The van der Waals surface area contributed by atoms with Crippen LogP contribution in [0.25, 0.3) is 11.3 Å². The molecule has 0 bridgehead atoms. The number of halogens is 1. The van der Waals surface area contributed by atoms with Crippen LogP contribution in [-0.2, 0) is 9.59 Å². The van der Waals surface area contributed by atoms with E-state index in [1.54, 1.807) is 36.1 Å². The minimum Gasteiger partial charge on any atom is -0.360 e. The minimum atomic E-state index is -0.672. The Balaban J connectivity index is 1.60. The molecule has 1 aliphatic heterocycles. The number of benzene rings is 1. The van der Waals surface area contributed by atoms with Crippen LogP contribution in [0.4, 0.5) is 0 Å². The van der Waals surface area contributed by atoms with Crippen molar-refractivity contribution in [1.82, 2.24) is 15.4 Å². The third-order valence-electron chi connectivity index (χ3n) is 5.37. The second-order valence-electron chi connectivity index (χ2n) is 7.66. The van der Waals surface area contributed by atoms with Crippen LogP contribution in [0.3, 0.4) is 0 Å². The summed E-state index contributed by atoms with van der Waals surface area (Å²) in [4.78, 5) is 38.9. The molecule has 2 amide bonds. The summed E-state index contributed by atoms with van der Waals surface area (Å²) in [6.45, 7) is 6.91. The van der Waals surface area contributed by atoms with Crippen LogP contribution in [-0.4, -0.2) is 49.9 Å². The fourth-order valence-corrected chi connectivity index (χ4v) is 6.09. The van der Waals surface area contributed by atoms with E-state index >= 15 is 0 Å². The lowest BCUT2D eigenvalue weighted by atomic mass is 9.82. The number of aromatic nitrogens is 1. The Morgan fingerprint density at radius 2 is 2.00 bits per heavy atom. The topological polar surface area (TPSA) is 92.5 Å². The number of nitrogens with zero attached hydrogens (tertiary/aromatic N) is 2. The summed E-state index contributed by atoms with van der Waals surface area (Å²) in [5.41, 5.74) is 1.16. The average Bonchev–Trinajstić information content (AvgIpc) is 3.15. The van der Waals surface area contributed by atoms with Crippen LogP contribution in [0.2, 0.25) is 5.02 Å². The Bertz CT molecular complexity index is 1030. The Labute approximate surface area is 177 Å². The number of thioether (sulfide) groups is 1. The highest BCUT2D eigenvalue weighted by atomic mass is 35.5. The first-order valence-corrected chi connectivity index (χ1v) is 10.4. The van der Waals surface area contributed by atoms with Gasteiger partial charge in [-0.15, -0.1) is 11.8 Å². The van der Waals surface area contributed by atoms with E-state index < -0.39 is 22.9 Å². The van der Waals surface area contributed by atoms with Gasteiger partial charge in [0.05, 0.1) is 15.1 Å². The van der Waals surface area contributed by atoms with Crippen LogP contribution in [0.1, 0.15) is 36.9 Å². The predicted molar refractivity (Wildman–Crippen MR) is 110 cm³/mol. The average molecular weight is 434 g/mol. The smallest absolute Gasteiger partial charge is 0.257 e. The van der Waals surface area contributed by atoms with E-state index in [2.05, 4.69) is 10.5 Å². The molecule has 1 unspecified atom stereocenters. The van der Waals surface area contributed by atoms with E-state index in [1.165, 1.54) is 18.7 Å². The summed E-state index contributed by atoms with van der Waals surface area (Å²) in [5.74, 6) is -0.422. The Morgan fingerprint density at radius 3 is 2.66 bits per heavy atom. The molecule has 2 heterocycles. The van der Waals surface area contributed by atoms with Crippen molar-refractivity contribution in [2.24, 2.45) is 0 Å². The van der Waals surface area contributed by atoms with Crippen molar-refractivity contribution in [3.63, 3.8) is 0 Å². The van der Waals surface area contributed by atoms with E-state index in [1.807, 2.05) is 13.8 Å². The van der Waals surface area contributed by atoms with Crippen LogP contribution in [0.5, 0.6) is 0 Å². The zero-order chi connectivity index (χ0) is 21.1. The molecular formula is C20H20ClN3O4S. The molecule has 152 valence electrons. The molecule has 3 atom stereocenters. The molecule has 9 heteroatoms. The van der Waals surface area contributed by atoms with Gasteiger partial charge in [0.25, 0.3) is 5.91 Å². The van der Waals surface area contributed by atoms with E-state index in [0.29, 0.717) is 22.0 Å². The lowest BCUT2D eigenvalue weighted by Gasteiger charge is -2.41. The summed E-state index contributed by atoms with van der Waals surface area (Å²) in [6.07, 6.45) is 0. The number of nitrogens with one attached hydrogen (secondary N) is 1. The van der Waals surface area contributed by atoms with E-state index in [9.17, 15) is 14.4 Å². The second kappa shape index (κ2) is 6.88. The lowest BCUT2D eigenvalue weighted by Crippen LogP contribution is -2.69. The van der Waals surface area contributed by atoms with Gasteiger partial charge in [0.2, 0.25) is 5.91 Å². The van der Waals surface area contributed by atoms with Gasteiger partial charge in [-0.1, -0.05) is 35.0 Å². The van der Waals surface area contributed by atoms with Crippen LogP contribution in [0.15, 0.2) is 28.8 Å². The maximum Gasteiger partial charge on any atom is 0.257 e. The third kappa shape index (κ3) is 3.05. The van der Waals surface area contributed by atoms with Crippen molar-refractivity contribution >= 4 is 41.0 Å². The van der Waals surface area contributed by atoms with Crippen molar-refractivity contribution in [1.29, 1.82) is 0 Å². The number of carbonyl (C=O) groups is 3. The van der Waals surface area contributed by atoms with Gasteiger partial charge >= 0.3 is 0 Å². The summed E-state index contributed by atoms with van der Waals surface area (Å²) in [7, 11) is 0. The molecule has 1 aliphatic carbocycles. The molecule has 0 spiro atoms.